The number of piperidine rings is 1. The van der Waals surface area contributed by atoms with E-state index in [1.54, 1.807) is 20.5 Å². The van der Waals surface area contributed by atoms with E-state index >= 15 is 0 Å². The number of aliphatic hydroxyl groups is 1. The fourth-order valence-corrected chi connectivity index (χ4v) is 5.33. The maximum Gasteiger partial charge on any atom is 0.187 e. The smallest absolute Gasteiger partial charge is 0.187 e. The molecule has 0 amide bonds. The number of ketones is 1. The Bertz CT molecular complexity index is 932. The molecule has 1 saturated heterocycles. The van der Waals surface area contributed by atoms with E-state index in [1.165, 1.54) is 16.6 Å². The summed E-state index contributed by atoms with van der Waals surface area (Å²) in [7, 11) is 3.28. The number of hydrogen-bond donors (Lipinski definition) is 2. The number of carbonyl (C=O) groups is 1. The fraction of sp³-hybridized carbons (Fsp3) is 0.522. The maximum atomic E-state index is 12.5. The largest absolute Gasteiger partial charge is 0.504 e. The number of aromatic amines is 1. The second-order valence-electron chi connectivity index (χ2n) is 8.06. The minimum absolute atomic E-state index is 0.0695. The Labute approximate surface area is 171 Å². The van der Waals surface area contributed by atoms with Crippen LogP contribution in [-0.2, 0) is 16.0 Å². The molecule has 6 nitrogen and oxygen atoms in total. The van der Waals surface area contributed by atoms with Gasteiger partial charge in [-0.25, -0.2) is 0 Å². The van der Waals surface area contributed by atoms with Crippen LogP contribution in [0, 0.1) is 11.8 Å². The molecule has 2 aliphatic heterocycles. The number of benzene rings is 1. The number of aromatic nitrogens is 1. The second-order valence-corrected chi connectivity index (χ2v) is 8.06. The van der Waals surface area contributed by atoms with Gasteiger partial charge in [0.1, 0.15) is 12.4 Å². The van der Waals surface area contributed by atoms with Crippen LogP contribution in [-0.4, -0.2) is 54.7 Å². The SMILES string of the molecule is CC[C@H]1CN2CCc3c([nH]c4cccc(OC)c34)C2CC1/C(=C\OC)C(=O)CO. The first kappa shape index (κ1) is 20.0. The van der Waals surface area contributed by atoms with Crippen LogP contribution < -0.4 is 4.74 Å². The number of fused-ring (bicyclic) bond motifs is 5. The molecule has 1 aromatic heterocycles. The maximum absolute atomic E-state index is 12.5. The Morgan fingerprint density at radius 2 is 2.21 bits per heavy atom. The Morgan fingerprint density at radius 1 is 1.38 bits per heavy atom. The molecule has 1 fully saturated rings. The van der Waals surface area contributed by atoms with E-state index in [0.29, 0.717) is 11.5 Å². The van der Waals surface area contributed by atoms with Crippen LogP contribution in [0.2, 0.25) is 0 Å². The minimum atomic E-state index is -0.481. The Kier molecular flexibility index (Phi) is 5.65. The first-order valence-electron chi connectivity index (χ1n) is 10.4. The number of hydrogen-bond acceptors (Lipinski definition) is 5. The van der Waals surface area contributed by atoms with Gasteiger partial charge in [-0.3, -0.25) is 9.69 Å². The van der Waals surface area contributed by atoms with Crippen molar-refractivity contribution in [3.8, 4) is 5.75 Å². The zero-order chi connectivity index (χ0) is 20.5. The van der Waals surface area contributed by atoms with Gasteiger partial charge in [0.2, 0.25) is 0 Å². The molecule has 0 aliphatic carbocycles. The average molecular weight is 399 g/mol. The topological polar surface area (TPSA) is 74.8 Å². The van der Waals surface area contributed by atoms with Crippen molar-refractivity contribution in [1.29, 1.82) is 0 Å². The summed E-state index contributed by atoms with van der Waals surface area (Å²) in [6, 6.07) is 6.34. The molecule has 0 spiro atoms. The molecule has 0 radical (unpaired) electrons. The van der Waals surface area contributed by atoms with Crippen molar-refractivity contribution in [2.75, 3.05) is 33.9 Å². The molecule has 2 aromatic rings. The normalized spacial score (nSPS) is 24.8. The van der Waals surface area contributed by atoms with Gasteiger partial charge in [-0.15, -0.1) is 0 Å². The summed E-state index contributed by atoms with van der Waals surface area (Å²) in [4.78, 5) is 18.7. The van der Waals surface area contributed by atoms with Crippen molar-refractivity contribution in [3.05, 3.63) is 41.3 Å². The number of carbonyl (C=O) groups excluding carboxylic acids is 1. The van der Waals surface area contributed by atoms with E-state index in [4.69, 9.17) is 9.47 Å². The number of aliphatic hydroxyl groups excluding tert-OH is 1. The van der Waals surface area contributed by atoms with Crippen LogP contribution in [0.3, 0.4) is 0 Å². The lowest BCUT2D eigenvalue weighted by Crippen LogP contribution is -2.47. The summed E-state index contributed by atoms with van der Waals surface area (Å²) in [5.41, 5.74) is 4.29. The lowest BCUT2D eigenvalue weighted by atomic mass is 9.73. The van der Waals surface area contributed by atoms with Crippen molar-refractivity contribution in [2.24, 2.45) is 11.8 Å². The molecule has 2 N–H and O–H groups in total. The molecule has 4 rings (SSSR count). The number of Topliss-reactive ketones (excluding diaryl/α,β-unsaturated/α-hetero) is 1. The van der Waals surface area contributed by atoms with Gasteiger partial charge < -0.3 is 19.6 Å². The van der Waals surface area contributed by atoms with Crippen molar-refractivity contribution in [1.82, 2.24) is 9.88 Å². The number of nitrogens with one attached hydrogen (secondary N) is 1. The van der Waals surface area contributed by atoms with Gasteiger partial charge in [0, 0.05) is 35.3 Å². The molecule has 29 heavy (non-hydrogen) atoms. The van der Waals surface area contributed by atoms with E-state index < -0.39 is 6.61 Å². The van der Waals surface area contributed by atoms with Crippen LogP contribution in [0.4, 0.5) is 0 Å². The lowest BCUT2D eigenvalue weighted by molar-refractivity contribution is -0.119. The summed E-state index contributed by atoms with van der Waals surface area (Å²) in [5.74, 6) is 1.10. The van der Waals surface area contributed by atoms with Crippen LogP contribution in [0.1, 0.15) is 37.1 Å². The second kappa shape index (κ2) is 8.20. The van der Waals surface area contributed by atoms with Crippen molar-refractivity contribution >= 4 is 16.7 Å². The molecule has 0 bridgehead atoms. The van der Waals surface area contributed by atoms with Crippen LogP contribution >= 0.6 is 0 Å². The Balaban J connectivity index is 1.76. The first-order chi connectivity index (χ1) is 14.1. The molecule has 2 unspecified atom stereocenters. The van der Waals surface area contributed by atoms with E-state index in [1.807, 2.05) is 12.1 Å². The Hall–Kier alpha value is -2.31. The molecular weight excluding hydrogens is 368 g/mol. The van der Waals surface area contributed by atoms with Crippen molar-refractivity contribution in [2.45, 2.75) is 32.2 Å². The third-order valence-electron chi connectivity index (χ3n) is 6.71. The monoisotopic (exact) mass is 398 g/mol. The average Bonchev–Trinajstić information content (AvgIpc) is 3.15. The molecule has 3 heterocycles. The number of methoxy groups -OCH3 is 2. The quantitative estimate of drug-likeness (QED) is 0.577. The van der Waals surface area contributed by atoms with Gasteiger partial charge in [-0.05, 0) is 42.4 Å². The molecule has 2 aliphatic rings. The van der Waals surface area contributed by atoms with Crippen molar-refractivity contribution < 1.29 is 19.4 Å². The van der Waals surface area contributed by atoms with Crippen molar-refractivity contribution in [3.63, 3.8) is 0 Å². The highest BCUT2D eigenvalue weighted by Gasteiger charge is 2.42. The molecule has 3 atom stereocenters. The van der Waals surface area contributed by atoms with Gasteiger partial charge in [0.25, 0.3) is 0 Å². The fourth-order valence-electron chi connectivity index (χ4n) is 5.33. The Morgan fingerprint density at radius 3 is 2.90 bits per heavy atom. The number of H-pyrrole nitrogens is 1. The van der Waals surface area contributed by atoms with Crippen LogP contribution in [0.15, 0.2) is 30.0 Å². The number of ether oxygens (including phenoxy) is 2. The minimum Gasteiger partial charge on any atom is -0.504 e. The third-order valence-corrected chi connectivity index (χ3v) is 6.71. The van der Waals surface area contributed by atoms with Gasteiger partial charge in [-0.2, -0.15) is 0 Å². The van der Waals surface area contributed by atoms with E-state index in [0.717, 1.165) is 43.6 Å². The zero-order valence-corrected chi connectivity index (χ0v) is 17.4. The van der Waals surface area contributed by atoms with E-state index in [-0.39, 0.29) is 17.7 Å². The van der Waals surface area contributed by atoms with Crippen LogP contribution in [0.5, 0.6) is 5.75 Å². The summed E-state index contributed by atoms with van der Waals surface area (Å²) in [6.07, 6.45) is 4.35. The molecule has 6 heteroatoms. The molecule has 0 saturated carbocycles. The van der Waals surface area contributed by atoms with Gasteiger partial charge in [0.05, 0.1) is 26.5 Å². The van der Waals surface area contributed by atoms with Crippen LogP contribution in [0.25, 0.3) is 10.9 Å². The van der Waals surface area contributed by atoms with E-state index in [2.05, 4.69) is 22.9 Å². The predicted molar refractivity (Wildman–Crippen MR) is 112 cm³/mol. The first-order valence-corrected chi connectivity index (χ1v) is 10.4. The number of nitrogens with zero attached hydrogens (tertiary/aromatic N) is 1. The summed E-state index contributed by atoms with van der Waals surface area (Å²) in [5, 5.41) is 10.7. The van der Waals surface area contributed by atoms with Gasteiger partial charge >= 0.3 is 0 Å². The molecule has 1 aromatic carbocycles. The highest BCUT2D eigenvalue weighted by Crippen LogP contribution is 2.47. The highest BCUT2D eigenvalue weighted by atomic mass is 16.5. The third kappa shape index (κ3) is 3.34. The summed E-state index contributed by atoms with van der Waals surface area (Å²) in [6.45, 7) is 3.64. The predicted octanol–water partition coefficient (Wildman–Crippen LogP) is 3.21. The molecular formula is C23H30N2O4. The highest BCUT2D eigenvalue weighted by molar-refractivity contribution is 5.96. The van der Waals surface area contributed by atoms with Gasteiger partial charge in [-0.1, -0.05) is 19.4 Å². The van der Waals surface area contributed by atoms with E-state index in [9.17, 15) is 9.90 Å². The molecule has 156 valence electrons. The lowest BCUT2D eigenvalue weighted by Gasteiger charge is -2.46. The summed E-state index contributed by atoms with van der Waals surface area (Å²) >= 11 is 0. The van der Waals surface area contributed by atoms with Gasteiger partial charge in [0.15, 0.2) is 5.78 Å². The zero-order valence-electron chi connectivity index (χ0n) is 17.4. The number of rotatable bonds is 6. The summed E-state index contributed by atoms with van der Waals surface area (Å²) < 4.78 is 10.9. The standard InChI is InChI=1S/C23H30N2O4/c1-4-14-11-25-9-8-15-22-18(6-5-7-21(22)29-3)24-23(15)19(25)10-16(14)17(13-28-2)20(27)12-26/h5-7,13-14,16,19,24,26H,4,8-12H2,1-3H3/b17-13+/t14-,16?,19?/m0/s1.